The molecule has 1 aromatic rings. The second-order valence-electron chi connectivity index (χ2n) is 3.80. The van der Waals surface area contributed by atoms with Gasteiger partial charge in [0.1, 0.15) is 0 Å². The van der Waals surface area contributed by atoms with Crippen LogP contribution in [0.15, 0.2) is 18.5 Å². The Kier molecular flexibility index (Phi) is 3.68. The Hall–Kier alpha value is -2.22. The van der Waals surface area contributed by atoms with Crippen molar-refractivity contribution in [2.45, 2.75) is 0 Å². The second-order valence-corrected chi connectivity index (χ2v) is 3.80. The molecule has 2 amide bonds. The Morgan fingerprint density at radius 3 is 2.33 bits per heavy atom. The number of aromatic nitrogens is 2. The molecule has 1 aliphatic heterocycles. The first kappa shape index (κ1) is 12.2. The molecule has 1 fully saturated rings. The first-order valence-electron chi connectivity index (χ1n) is 5.54. The van der Waals surface area contributed by atoms with E-state index in [4.69, 9.17) is 5.84 Å². The quantitative estimate of drug-likeness (QED) is 0.261. The molecule has 1 saturated heterocycles. The predicted molar refractivity (Wildman–Crippen MR) is 63.2 cm³/mol. The molecule has 1 aliphatic rings. The van der Waals surface area contributed by atoms with Gasteiger partial charge < -0.3 is 9.80 Å². The maximum Gasteiger partial charge on any atom is 0.323 e. The first-order valence-corrected chi connectivity index (χ1v) is 5.54. The lowest BCUT2D eigenvalue weighted by Gasteiger charge is -2.34. The minimum atomic E-state index is -0.792. The van der Waals surface area contributed by atoms with Crippen molar-refractivity contribution in [2.75, 3.05) is 31.1 Å². The molecule has 0 bridgehead atoms. The minimum Gasteiger partial charge on any atom is -0.337 e. The lowest BCUT2D eigenvalue weighted by molar-refractivity contribution is -0.146. The number of carbonyl (C=O) groups excluding carboxylic acids is 2. The Labute approximate surface area is 104 Å². The normalized spacial score (nSPS) is 15.4. The third-order valence-corrected chi connectivity index (χ3v) is 2.73. The van der Waals surface area contributed by atoms with Crippen molar-refractivity contribution >= 4 is 17.8 Å². The van der Waals surface area contributed by atoms with Crippen molar-refractivity contribution < 1.29 is 9.59 Å². The molecule has 1 aromatic heterocycles. The lowest BCUT2D eigenvalue weighted by Crippen LogP contribution is -2.53. The number of hydrogen-bond acceptors (Lipinski definition) is 6. The molecule has 96 valence electrons. The molecule has 0 aromatic carbocycles. The number of piperazine rings is 1. The first-order chi connectivity index (χ1) is 8.72. The van der Waals surface area contributed by atoms with Gasteiger partial charge in [-0.25, -0.2) is 15.8 Å². The Morgan fingerprint density at radius 2 is 1.78 bits per heavy atom. The summed E-state index contributed by atoms with van der Waals surface area (Å²) in [6.07, 6.45) is 3.34. The fourth-order valence-corrected chi connectivity index (χ4v) is 1.77. The van der Waals surface area contributed by atoms with Crippen molar-refractivity contribution in [3.8, 4) is 0 Å². The number of nitrogens with one attached hydrogen (secondary N) is 1. The fraction of sp³-hybridized carbons (Fsp3) is 0.400. The van der Waals surface area contributed by atoms with Crippen molar-refractivity contribution in [1.29, 1.82) is 0 Å². The molecule has 2 rings (SSSR count). The van der Waals surface area contributed by atoms with Gasteiger partial charge in [0, 0.05) is 38.6 Å². The van der Waals surface area contributed by atoms with Crippen LogP contribution in [0.3, 0.4) is 0 Å². The number of anilines is 1. The molecular formula is C10H14N6O2. The van der Waals surface area contributed by atoms with Crippen molar-refractivity contribution in [3.05, 3.63) is 18.5 Å². The van der Waals surface area contributed by atoms with Crippen molar-refractivity contribution in [1.82, 2.24) is 20.3 Å². The highest BCUT2D eigenvalue weighted by molar-refractivity contribution is 6.34. The molecule has 0 radical (unpaired) electrons. The summed E-state index contributed by atoms with van der Waals surface area (Å²) in [5, 5.41) is 0. The number of hydrogen-bond donors (Lipinski definition) is 2. The molecule has 8 nitrogen and oxygen atoms in total. The SMILES string of the molecule is NNC(=O)C(=O)N1CCN(c2ncccn2)CC1. The van der Waals surface area contributed by atoms with Gasteiger partial charge in [0.2, 0.25) is 5.95 Å². The highest BCUT2D eigenvalue weighted by Crippen LogP contribution is 2.09. The van der Waals surface area contributed by atoms with Crippen LogP contribution in [0.4, 0.5) is 5.95 Å². The van der Waals surface area contributed by atoms with Gasteiger partial charge in [-0.1, -0.05) is 0 Å². The van der Waals surface area contributed by atoms with Gasteiger partial charge in [0.25, 0.3) is 0 Å². The van der Waals surface area contributed by atoms with Crippen LogP contribution in [0.1, 0.15) is 0 Å². The molecule has 0 atom stereocenters. The molecule has 0 aliphatic carbocycles. The topological polar surface area (TPSA) is 104 Å². The molecule has 18 heavy (non-hydrogen) atoms. The summed E-state index contributed by atoms with van der Waals surface area (Å²) in [7, 11) is 0. The van der Waals surface area contributed by atoms with Crippen molar-refractivity contribution in [3.63, 3.8) is 0 Å². The van der Waals surface area contributed by atoms with Gasteiger partial charge in [-0.15, -0.1) is 0 Å². The Balaban J connectivity index is 1.92. The molecule has 0 saturated carbocycles. The number of nitrogens with zero attached hydrogens (tertiary/aromatic N) is 4. The van der Waals surface area contributed by atoms with Gasteiger partial charge >= 0.3 is 11.8 Å². The maximum absolute atomic E-state index is 11.6. The van der Waals surface area contributed by atoms with E-state index in [-0.39, 0.29) is 0 Å². The number of amides is 2. The van der Waals surface area contributed by atoms with Crippen molar-refractivity contribution in [2.24, 2.45) is 5.84 Å². The number of hydrazine groups is 1. The van der Waals surface area contributed by atoms with Crippen LogP contribution in [-0.2, 0) is 9.59 Å². The largest absolute Gasteiger partial charge is 0.337 e. The van der Waals surface area contributed by atoms with E-state index in [9.17, 15) is 9.59 Å². The molecule has 0 unspecified atom stereocenters. The smallest absolute Gasteiger partial charge is 0.323 e. The molecule has 3 N–H and O–H groups in total. The highest BCUT2D eigenvalue weighted by Gasteiger charge is 2.26. The zero-order chi connectivity index (χ0) is 13.0. The van der Waals surface area contributed by atoms with Gasteiger partial charge in [-0.3, -0.25) is 15.0 Å². The van der Waals surface area contributed by atoms with Gasteiger partial charge in [0.15, 0.2) is 0 Å². The zero-order valence-electron chi connectivity index (χ0n) is 9.74. The monoisotopic (exact) mass is 250 g/mol. The fourth-order valence-electron chi connectivity index (χ4n) is 1.77. The van der Waals surface area contributed by atoms with Gasteiger partial charge in [0.05, 0.1) is 0 Å². The highest BCUT2D eigenvalue weighted by atomic mass is 16.2. The molecule has 2 heterocycles. The van der Waals surface area contributed by atoms with E-state index in [0.29, 0.717) is 32.1 Å². The van der Waals surface area contributed by atoms with Crippen LogP contribution in [0.2, 0.25) is 0 Å². The van der Waals surface area contributed by atoms with E-state index in [1.165, 1.54) is 4.90 Å². The summed E-state index contributed by atoms with van der Waals surface area (Å²) in [6, 6.07) is 1.74. The molecule has 0 spiro atoms. The van der Waals surface area contributed by atoms with Crippen LogP contribution >= 0.6 is 0 Å². The van der Waals surface area contributed by atoms with Crippen LogP contribution < -0.4 is 16.2 Å². The van der Waals surface area contributed by atoms with E-state index in [1.807, 2.05) is 10.3 Å². The van der Waals surface area contributed by atoms with E-state index >= 15 is 0 Å². The van der Waals surface area contributed by atoms with Crippen LogP contribution in [0.25, 0.3) is 0 Å². The summed E-state index contributed by atoms with van der Waals surface area (Å²) in [6.45, 7) is 2.08. The van der Waals surface area contributed by atoms with E-state index in [1.54, 1.807) is 18.5 Å². The van der Waals surface area contributed by atoms with Crippen LogP contribution in [-0.4, -0.2) is 52.9 Å². The maximum atomic E-state index is 11.6. The number of rotatable bonds is 1. The van der Waals surface area contributed by atoms with Gasteiger partial charge in [-0.2, -0.15) is 0 Å². The Morgan fingerprint density at radius 1 is 1.17 bits per heavy atom. The summed E-state index contributed by atoms with van der Waals surface area (Å²) in [5.41, 5.74) is 1.84. The zero-order valence-corrected chi connectivity index (χ0v) is 9.74. The number of carbonyl (C=O) groups is 2. The predicted octanol–water partition coefficient (Wildman–Crippen LogP) is -1.88. The lowest BCUT2D eigenvalue weighted by atomic mass is 10.3. The summed E-state index contributed by atoms with van der Waals surface area (Å²) < 4.78 is 0. The second kappa shape index (κ2) is 5.41. The van der Waals surface area contributed by atoms with Crippen LogP contribution in [0, 0.1) is 0 Å². The average Bonchev–Trinajstić information content (AvgIpc) is 2.47. The van der Waals surface area contributed by atoms with Gasteiger partial charge in [-0.05, 0) is 6.07 Å². The molecular weight excluding hydrogens is 236 g/mol. The standard InChI is InChI=1S/C10H14N6O2/c11-14-8(17)9(18)15-4-6-16(7-5-15)10-12-2-1-3-13-10/h1-3H,4-7,11H2,(H,14,17). The summed E-state index contributed by atoms with van der Waals surface area (Å²) >= 11 is 0. The number of nitrogens with two attached hydrogens (primary N) is 1. The van der Waals surface area contributed by atoms with E-state index in [0.717, 1.165) is 0 Å². The minimum absolute atomic E-state index is 0.449. The summed E-state index contributed by atoms with van der Waals surface area (Å²) in [5.74, 6) is 4.16. The average molecular weight is 250 g/mol. The van der Waals surface area contributed by atoms with E-state index < -0.39 is 11.8 Å². The van der Waals surface area contributed by atoms with E-state index in [2.05, 4.69) is 9.97 Å². The molecule has 8 heteroatoms. The third-order valence-electron chi connectivity index (χ3n) is 2.73. The summed E-state index contributed by atoms with van der Waals surface area (Å²) in [4.78, 5) is 34.3. The third kappa shape index (κ3) is 2.54. The Bertz CT molecular complexity index is 429. The van der Waals surface area contributed by atoms with Crippen LogP contribution in [0.5, 0.6) is 0 Å².